The van der Waals surface area contributed by atoms with Gasteiger partial charge in [0.2, 0.25) is 0 Å². The molecule has 0 saturated carbocycles. The quantitative estimate of drug-likeness (QED) is 0.934. The molecule has 0 aliphatic carbocycles. The van der Waals surface area contributed by atoms with Crippen molar-refractivity contribution in [2.75, 3.05) is 0 Å². The lowest BCUT2D eigenvalue weighted by Crippen LogP contribution is -2.04. The van der Waals surface area contributed by atoms with Gasteiger partial charge in [0.05, 0.1) is 26.5 Å². The standard InChI is InChI=1S/C14H13Cl2NOS/c15-12-5-6-13(16)14(7-12)19(18)9-11-4-2-1-3-10(11)8-17/h1-7H,8-9,17H2. The van der Waals surface area contributed by atoms with Crippen LogP contribution in [0.25, 0.3) is 0 Å². The van der Waals surface area contributed by atoms with Gasteiger partial charge >= 0.3 is 0 Å². The molecular formula is C14H13Cl2NOS. The molecule has 0 spiro atoms. The fourth-order valence-corrected chi connectivity index (χ4v) is 3.64. The van der Waals surface area contributed by atoms with E-state index in [-0.39, 0.29) is 0 Å². The van der Waals surface area contributed by atoms with E-state index >= 15 is 0 Å². The minimum atomic E-state index is -1.24. The first-order valence-corrected chi connectivity index (χ1v) is 7.79. The van der Waals surface area contributed by atoms with Crippen molar-refractivity contribution in [1.82, 2.24) is 0 Å². The highest BCUT2D eigenvalue weighted by atomic mass is 35.5. The van der Waals surface area contributed by atoms with Crippen LogP contribution < -0.4 is 5.73 Å². The molecule has 0 radical (unpaired) electrons. The van der Waals surface area contributed by atoms with Crippen molar-refractivity contribution in [3.05, 3.63) is 63.6 Å². The van der Waals surface area contributed by atoms with Crippen LogP contribution in [0.1, 0.15) is 11.1 Å². The van der Waals surface area contributed by atoms with Crippen LogP contribution >= 0.6 is 23.2 Å². The van der Waals surface area contributed by atoms with Crippen LogP contribution in [0, 0.1) is 0 Å². The van der Waals surface area contributed by atoms with Crippen molar-refractivity contribution in [1.29, 1.82) is 0 Å². The molecule has 0 amide bonds. The average molecular weight is 314 g/mol. The maximum Gasteiger partial charge on any atom is 0.0592 e. The topological polar surface area (TPSA) is 43.1 Å². The maximum atomic E-state index is 12.4. The third-order valence-electron chi connectivity index (χ3n) is 2.76. The SMILES string of the molecule is NCc1ccccc1CS(=O)c1cc(Cl)ccc1Cl. The Morgan fingerprint density at radius 3 is 2.42 bits per heavy atom. The summed E-state index contributed by atoms with van der Waals surface area (Å²) in [4.78, 5) is 0.556. The Morgan fingerprint density at radius 1 is 1.05 bits per heavy atom. The molecule has 1 atom stereocenters. The largest absolute Gasteiger partial charge is 0.326 e. The fraction of sp³-hybridized carbons (Fsp3) is 0.143. The molecule has 0 heterocycles. The van der Waals surface area contributed by atoms with E-state index in [1.165, 1.54) is 0 Å². The average Bonchev–Trinajstić information content (AvgIpc) is 2.42. The van der Waals surface area contributed by atoms with Crippen LogP contribution in [-0.4, -0.2) is 4.21 Å². The number of benzene rings is 2. The van der Waals surface area contributed by atoms with E-state index in [0.717, 1.165) is 11.1 Å². The molecular weight excluding hydrogens is 301 g/mol. The van der Waals surface area contributed by atoms with Gasteiger partial charge < -0.3 is 5.73 Å². The summed E-state index contributed by atoms with van der Waals surface area (Å²) < 4.78 is 12.4. The van der Waals surface area contributed by atoms with Crippen molar-refractivity contribution in [3.63, 3.8) is 0 Å². The Hall–Kier alpha value is -0.870. The number of hydrogen-bond acceptors (Lipinski definition) is 2. The van der Waals surface area contributed by atoms with Crippen molar-refractivity contribution in [2.24, 2.45) is 5.73 Å². The van der Waals surface area contributed by atoms with Gasteiger partial charge in [-0.1, -0.05) is 47.5 Å². The van der Waals surface area contributed by atoms with Gasteiger partial charge in [-0.05, 0) is 29.3 Å². The van der Waals surface area contributed by atoms with Crippen LogP contribution in [0.2, 0.25) is 10.0 Å². The predicted molar refractivity (Wildman–Crippen MR) is 80.9 cm³/mol. The molecule has 0 bridgehead atoms. The maximum absolute atomic E-state index is 12.4. The van der Waals surface area contributed by atoms with Gasteiger partial charge in [-0.25, -0.2) is 0 Å². The van der Waals surface area contributed by atoms with Gasteiger partial charge in [-0.15, -0.1) is 0 Å². The molecule has 2 aromatic rings. The first-order chi connectivity index (χ1) is 9.11. The molecule has 1 unspecified atom stereocenters. The minimum Gasteiger partial charge on any atom is -0.326 e. The molecule has 2 N–H and O–H groups in total. The second-order valence-corrected chi connectivity index (χ2v) is 6.30. The van der Waals surface area contributed by atoms with E-state index < -0.39 is 10.8 Å². The summed E-state index contributed by atoms with van der Waals surface area (Å²) in [6.07, 6.45) is 0. The van der Waals surface area contributed by atoms with Crippen molar-refractivity contribution in [2.45, 2.75) is 17.2 Å². The highest BCUT2D eigenvalue weighted by Crippen LogP contribution is 2.26. The van der Waals surface area contributed by atoms with Crippen molar-refractivity contribution in [3.8, 4) is 0 Å². The molecule has 2 rings (SSSR count). The van der Waals surface area contributed by atoms with Crippen molar-refractivity contribution >= 4 is 34.0 Å². The monoisotopic (exact) mass is 313 g/mol. The fourth-order valence-electron chi connectivity index (χ4n) is 1.77. The molecule has 0 fully saturated rings. The molecule has 0 saturated heterocycles. The third-order valence-corrected chi connectivity index (χ3v) is 4.84. The van der Waals surface area contributed by atoms with Gasteiger partial charge in [0.15, 0.2) is 0 Å². The van der Waals surface area contributed by atoms with Crippen LogP contribution in [0.4, 0.5) is 0 Å². The van der Waals surface area contributed by atoms with Gasteiger partial charge in [0.1, 0.15) is 0 Å². The Kier molecular flexibility index (Phi) is 4.99. The van der Waals surface area contributed by atoms with Crippen LogP contribution in [0.15, 0.2) is 47.4 Å². The van der Waals surface area contributed by atoms with Crippen LogP contribution in [-0.2, 0) is 23.1 Å². The van der Waals surface area contributed by atoms with E-state index in [1.54, 1.807) is 18.2 Å². The van der Waals surface area contributed by atoms with Gasteiger partial charge in [0.25, 0.3) is 0 Å². The molecule has 2 nitrogen and oxygen atoms in total. The van der Waals surface area contributed by atoms with E-state index in [9.17, 15) is 4.21 Å². The summed E-state index contributed by atoms with van der Waals surface area (Å²) in [6.45, 7) is 0.427. The smallest absolute Gasteiger partial charge is 0.0592 e. The molecule has 0 aromatic heterocycles. The molecule has 19 heavy (non-hydrogen) atoms. The molecule has 100 valence electrons. The second kappa shape index (κ2) is 6.53. The Morgan fingerprint density at radius 2 is 1.74 bits per heavy atom. The summed E-state index contributed by atoms with van der Waals surface area (Å²) >= 11 is 12.0. The molecule has 2 aromatic carbocycles. The van der Waals surface area contributed by atoms with Crippen LogP contribution in [0.3, 0.4) is 0 Å². The lowest BCUT2D eigenvalue weighted by molar-refractivity contribution is 0.682. The molecule has 5 heteroatoms. The summed E-state index contributed by atoms with van der Waals surface area (Å²) in [7, 11) is -1.24. The molecule has 0 aliphatic rings. The zero-order valence-corrected chi connectivity index (χ0v) is 12.4. The highest BCUT2D eigenvalue weighted by molar-refractivity contribution is 7.84. The first kappa shape index (κ1) is 14.5. The normalized spacial score (nSPS) is 12.4. The number of nitrogens with two attached hydrogens (primary N) is 1. The number of rotatable bonds is 4. The lowest BCUT2D eigenvalue weighted by atomic mass is 10.1. The Balaban J connectivity index is 2.28. The van der Waals surface area contributed by atoms with Gasteiger partial charge in [0, 0.05) is 11.6 Å². The van der Waals surface area contributed by atoms with Gasteiger partial charge in [-0.2, -0.15) is 0 Å². The summed E-state index contributed by atoms with van der Waals surface area (Å²) in [5.41, 5.74) is 7.64. The summed E-state index contributed by atoms with van der Waals surface area (Å²) in [6, 6.07) is 12.7. The molecule has 0 aliphatic heterocycles. The van der Waals surface area contributed by atoms with E-state index in [1.807, 2.05) is 24.3 Å². The Labute approximate surface area is 125 Å². The van der Waals surface area contributed by atoms with E-state index in [0.29, 0.717) is 27.2 Å². The number of halogens is 2. The Bertz CT molecular complexity index is 616. The summed E-state index contributed by atoms with van der Waals surface area (Å²) in [5.74, 6) is 0.382. The predicted octanol–water partition coefficient (Wildman–Crippen LogP) is 3.76. The zero-order chi connectivity index (χ0) is 13.8. The first-order valence-electron chi connectivity index (χ1n) is 5.72. The lowest BCUT2D eigenvalue weighted by Gasteiger charge is -2.09. The van der Waals surface area contributed by atoms with E-state index in [2.05, 4.69) is 0 Å². The summed E-state index contributed by atoms with van der Waals surface area (Å²) in [5, 5.41) is 0.993. The van der Waals surface area contributed by atoms with Crippen LogP contribution in [0.5, 0.6) is 0 Å². The van der Waals surface area contributed by atoms with Gasteiger partial charge in [-0.3, -0.25) is 4.21 Å². The second-order valence-electron chi connectivity index (χ2n) is 4.04. The third kappa shape index (κ3) is 3.57. The highest BCUT2D eigenvalue weighted by Gasteiger charge is 2.12. The number of hydrogen-bond donors (Lipinski definition) is 1. The zero-order valence-electron chi connectivity index (χ0n) is 10.1. The minimum absolute atomic E-state index is 0.382. The van der Waals surface area contributed by atoms with Crippen molar-refractivity contribution < 1.29 is 4.21 Å². The van der Waals surface area contributed by atoms with E-state index in [4.69, 9.17) is 28.9 Å².